The average Bonchev–Trinajstić information content (AvgIpc) is 3.65. The van der Waals surface area contributed by atoms with Crippen molar-refractivity contribution in [1.82, 2.24) is 9.38 Å². The Morgan fingerprint density at radius 1 is 0.526 bits per heavy atom. The summed E-state index contributed by atoms with van der Waals surface area (Å²) in [6.45, 7) is 2.34. The third kappa shape index (κ3) is 5.62. The van der Waals surface area contributed by atoms with Crippen LogP contribution in [0.5, 0.6) is 0 Å². The summed E-state index contributed by atoms with van der Waals surface area (Å²) in [4.78, 5) is 7.80. The van der Waals surface area contributed by atoms with Crippen LogP contribution in [0.1, 0.15) is 30.4 Å². The SMILES string of the molecule is CC1CC=Cc2ccc(-c3c4ccccc4c(-c4ccc5ccccc5c4)c4c3nc3ccc(-c5ccc(N(c6ccccc6)c6ccccc6)cc5)cn34)cc21. The fourth-order valence-corrected chi connectivity index (χ4v) is 8.97. The Kier molecular flexibility index (Phi) is 7.85. The van der Waals surface area contributed by atoms with Crippen LogP contribution < -0.4 is 4.90 Å². The number of anilines is 3. The van der Waals surface area contributed by atoms with Crippen LogP contribution >= 0.6 is 0 Å². The molecule has 0 radical (unpaired) electrons. The number of imidazole rings is 1. The van der Waals surface area contributed by atoms with E-state index in [2.05, 4.69) is 217 Å². The van der Waals surface area contributed by atoms with Crippen molar-refractivity contribution in [2.75, 3.05) is 4.90 Å². The summed E-state index contributed by atoms with van der Waals surface area (Å²) in [6.07, 6.45) is 7.92. The number of para-hydroxylation sites is 2. The Labute approximate surface area is 332 Å². The number of aromatic nitrogens is 2. The Balaban J connectivity index is 1.14. The van der Waals surface area contributed by atoms with E-state index in [-0.39, 0.29) is 0 Å². The van der Waals surface area contributed by atoms with Crippen molar-refractivity contribution < 1.29 is 0 Å². The molecule has 270 valence electrons. The van der Waals surface area contributed by atoms with Gasteiger partial charge in [-0.2, -0.15) is 0 Å². The molecule has 0 amide bonds. The Morgan fingerprint density at radius 3 is 1.88 bits per heavy atom. The number of hydrogen-bond acceptors (Lipinski definition) is 2. The quantitative estimate of drug-likeness (QED) is 0.170. The van der Waals surface area contributed by atoms with Crippen LogP contribution in [-0.4, -0.2) is 9.38 Å². The van der Waals surface area contributed by atoms with Gasteiger partial charge in [0, 0.05) is 34.4 Å². The molecule has 0 aliphatic heterocycles. The number of rotatable bonds is 6. The zero-order valence-electron chi connectivity index (χ0n) is 31.7. The highest BCUT2D eigenvalue weighted by Crippen LogP contribution is 2.46. The van der Waals surface area contributed by atoms with Gasteiger partial charge >= 0.3 is 0 Å². The van der Waals surface area contributed by atoms with Crippen LogP contribution in [0.25, 0.3) is 77.7 Å². The standard InChI is InChI=1S/C54H39N3/c1-36-13-12-16-39-24-26-42(34-49(36)39)51-47-21-10-11-22-48(47)52(41-25-23-37-14-8-9-15-40(37)33-41)54-53(51)55-50-32-29-43(35-56(50)54)38-27-30-46(31-28-38)57(44-17-4-2-5-18-44)45-19-6-3-7-20-45/h2-12,14-36H,13H2,1H3. The van der Waals surface area contributed by atoms with Crippen LogP contribution in [-0.2, 0) is 0 Å². The van der Waals surface area contributed by atoms with Crippen LogP contribution in [0.3, 0.4) is 0 Å². The largest absolute Gasteiger partial charge is 0.311 e. The minimum Gasteiger partial charge on any atom is -0.311 e. The summed E-state index contributed by atoms with van der Waals surface area (Å²) in [6, 6.07) is 65.9. The van der Waals surface area contributed by atoms with Gasteiger partial charge < -0.3 is 4.90 Å². The molecule has 2 heterocycles. The minimum atomic E-state index is 0.464. The highest BCUT2D eigenvalue weighted by atomic mass is 15.1. The lowest BCUT2D eigenvalue weighted by molar-refractivity contribution is 0.772. The molecule has 3 heteroatoms. The number of pyridine rings is 1. The smallest absolute Gasteiger partial charge is 0.137 e. The van der Waals surface area contributed by atoms with Gasteiger partial charge in [0.25, 0.3) is 0 Å². The van der Waals surface area contributed by atoms with Crippen molar-refractivity contribution in [1.29, 1.82) is 0 Å². The van der Waals surface area contributed by atoms with Gasteiger partial charge in [-0.3, -0.25) is 4.40 Å². The van der Waals surface area contributed by atoms with E-state index >= 15 is 0 Å². The van der Waals surface area contributed by atoms with Crippen molar-refractivity contribution in [3.05, 3.63) is 205 Å². The molecule has 3 nitrogen and oxygen atoms in total. The maximum atomic E-state index is 5.50. The minimum absolute atomic E-state index is 0.464. The first-order valence-corrected chi connectivity index (χ1v) is 19.9. The van der Waals surface area contributed by atoms with Crippen molar-refractivity contribution in [3.8, 4) is 33.4 Å². The molecule has 10 aromatic rings. The van der Waals surface area contributed by atoms with E-state index < -0.39 is 0 Å². The average molecular weight is 730 g/mol. The Bertz CT molecular complexity index is 3120. The van der Waals surface area contributed by atoms with Crippen LogP contribution in [0.2, 0.25) is 0 Å². The molecule has 8 aromatic carbocycles. The summed E-state index contributed by atoms with van der Waals surface area (Å²) >= 11 is 0. The highest BCUT2D eigenvalue weighted by molar-refractivity contribution is 6.20. The zero-order chi connectivity index (χ0) is 37.9. The molecular weight excluding hydrogens is 691 g/mol. The summed E-state index contributed by atoms with van der Waals surface area (Å²) in [5, 5.41) is 4.90. The van der Waals surface area contributed by atoms with E-state index in [1.54, 1.807) is 0 Å². The maximum absolute atomic E-state index is 5.50. The van der Waals surface area contributed by atoms with Crippen LogP contribution in [0.4, 0.5) is 17.1 Å². The van der Waals surface area contributed by atoms with Gasteiger partial charge in [-0.05, 0) is 122 Å². The van der Waals surface area contributed by atoms with Gasteiger partial charge in [-0.1, -0.05) is 146 Å². The number of nitrogens with zero attached hydrogens (tertiary/aromatic N) is 3. The first kappa shape index (κ1) is 33.1. The third-order valence-electron chi connectivity index (χ3n) is 11.8. The Morgan fingerprint density at radius 2 is 1.12 bits per heavy atom. The van der Waals surface area contributed by atoms with E-state index in [0.717, 1.165) is 51.3 Å². The predicted octanol–water partition coefficient (Wildman–Crippen LogP) is 14.8. The number of fused-ring (bicyclic) bond motifs is 6. The summed E-state index contributed by atoms with van der Waals surface area (Å²) in [5.41, 5.74) is 16.2. The van der Waals surface area contributed by atoms with Crippen molar-refractivity contribution in [2.45, 2.75) is 19.3 Å². The van der Waals surface area contributed by atoms with E-state index in [1.807, 2.05) is 0 Å². The molecule has 0 fully saturated rings. The summed E-state index contributed by atoms with van der Waals surface area (Å²) < 4.78 is 2.34. The molecule has 0 saturated heterocycles. The fraction of sp³-hybridized carbons (Fsp3) is 0.0556. The second-order valence-electron chi connectivity index (χ2n) is 15.2. The lowest BCUT2D eigenvalue weighted by atomic mass is 9.84. The van der Waals surface area contributed by atoms with Crippen LogP contribution in [0.15, 0.2) is 194 Å². The maximum Gasteiger partial charge on any atom is 0.137 e. The second kappa shape index (κ2) is 13.5. The normalized spacial score (nSPS) is 13.7. The molecule has 11 rings (SSSR count). The topological polar surface area (TPSA) is 20.5 Å². The van der Waals surface area contributed by atoms with Crippen molar-refractivity contribution >= 4 is 61.4 Å². The van der Waals surface area contributed by atoms with Crippen molar-refractivity contribution in [2.24, 2.45) is 0 Å². The molecule has 2 aromatic heterocycles. The summed E-state index contributed by atoms with van der Waals surface area (Å²) in [5.74, 6) is 0.464. The molecule has 0 bridgehead atoms. The van der Waals surface area contributed by atoms with Gasteiger partial charge in [-0.15, -0.1) is 0 Å². The van der Waals surface area contributed by atoms with Gasteiger partial charge in [0.15, 0.2) is 0 Å². The Hall–Kier alpha value is -7.23. The van der Waals surface area contributed by atoms with Gasteiger partial charge in [-0.25, -0.2) is 4.98 Å². The monoisotopic (exact) mass is 729 g/mol. The van der Waals surface area contributed by atoms with Crippen LogP contribution in [0, 0.1) is 0 Å². The summed E-state index contributed by atoms with van der Waals surface area (Å²) in [7, 11) is 0. The van der Waals surface area contributed by atoms with E-state index in [9.17, 15) is 0 Å². The van der Waals surface area contributed by atoms with Crippen molar-refractivity contribution in [3.63, 3.8) is 0 Å². The number of allylic oxidation sites excluding steroid dienone is 1. The van der Waals surface area contributed by atoms with E-state index in [4.69, 9.17) is 4.98 Å². The number of hydrogen-bond donors (Lipinski definition) is 0. The molecular formula is C54H39N3. The molecule has 0 saturated carbocycles. The van der Waals surface area contributed by atoms with E-state index in [1.165, 1.54) is 54.9 Å². The first-order valence-electron chi connectivity index (χ1n) is 19.9. The molecule has 0 spiro atoms. The molecule has 57 heavy (non-hydrogen) atoms. The molecule has 1 unspecified atom stereocenters. The molecule has 1 aliphatic carbocycles. The van der Waals surface area contributed by atoms with Gasteiger partial charge in [0.2, 0.25) is 0 Å². The second-order valence-corrected chi connectivity index (χ2v) is 15.2. The first-order chi connectivity index (χ1) is 28.2. The third-order valence-corrected chi connectivity index (χ3v) is 11.8. The molecule has 1 atom stereocenters. The number of benzene rings is 8. The van der Waals surface area contributed by atoms with Gasteiger partial charge in [0.1, 0.15) is 5.65 Å². The lowest BCUT2D eigenvalue weighted by Crippen LogP contribution is -2.09. The highest BCUT2D eigenvalue weighted by Gasteiger charge is 2.23. The predicted molar refractivity (Wildman–Crippen MR) is 241 cm³/mol. The molecule has 1 aliphatic rings. The molecule has 0 N–H and O–H groups in total. The van der Waals surface area contributed by atoms with Gasteiger partial charge in [0.05, 0.1) is 11.0 Å². The van der Waals surface area contributed by atoms with E-state index in [0.29, 0.717) is 5.92 Å². The fourth-order valence-electron chi connectivity index (χ4n) is 8.97. The lowest BCUT2D eigenvalue weighted by Gasteiger charge is -2.25. The zero-order valence-corrected chi connectivity index (χ0v) is 31.7.